The fraction of sp³-hybridized carbons (Fsp3) is 0.875. The Kier molecular flexibility index (Phi) is 5.45. The van der Waals surface area contributed by atoms with E-state index in [9.17, 15) is 9.36 Å². The maximum atomic E-state index is 11.9. The molecule has 0 radical (unpaired) electrons. The summed E-state index contributed by atoms with van der Waals surface area (Å²) in [4.78, 5) is 11.0. The third-order valence-electron chi connectivity index (χ3n) is 1.68. The molecule has 0 aliphatic heterocycles. The van der Waals surface area contributed by atoms with Gasteiger partial charge in [0.25, 0.3) is 0 Å². The lowest BCUT2D eigenvalue weighted by atomic mass is 10.3. The molecule has 13 heavy (non-hydrogen) atoms. The molecule has 0 saturated carbocycles. The van der Waals surface area contributed by atoms with Crippen molar-refractivity contribution in [3.63, 3.8) is 0 Å². The van der Waals surface area contributed by atoms with Crippen molar-refractivity contribution in [2.75, 3.05) is 13.2 Å². The molecule has 78 valence electrons. The van der Waals surface area contributed by atoms with E-state index in [4.69, 9.17) is 9.05 Å². The lowest BCUT2D eigenvalue weighted by Crippen LogP contribution is -2.17. The zero-order valence-electron chi connectivity index (χ0n) is 8.57. The Morgan fingerprint density at radius 2 is 1.69 bits per heavy atom. The van der Waals surface area contributed by atoms with E-state index in [1.54, 1.807) is 20.8 Å². The Bertz CT molecular complexity index is 204. The lowest BCUT2D eigenvalue weighted by molar-refractivity contribution is -0.116. The summed E-state index contributed by atoms with van der Waals surface area (Å²) in [6.45, 7) is 6.96. The molecule has 0 aromatic carbocycles. The van der Waals surface area contributed by atoms with Crippen LogP contribution in [0.2, 0.25) is 0 Å². The molecule has 0 heterocycles. The molecule has 0 bridgehead atoms. The number of carbonyl (C=O) groups is 1. The quantitative estimate of drug-likeness (QED) is 0.628. The van der Waals surface area contributed by atoms with Gasteiger partial charge in [-0.1, -0.05) is 0 Å². The number of Topliss-reactive ketones (excluding diaryl/α,β-unsaturated/α-hetero) is 1. The standard InChI is InChI=1S/C8H17O4P/c1-5-11-13(10,12-6-2)8(4)7(3)9/h8H,5-6H2,1-4H3/t8-/m0/s1. The first-order valence-electron chi connectivity index (χ1n) is 4.37. The molecule has 0 aliphatic rings. The van der Waals surface area contributed by atoms with Crippen molar-refractivity contribution in [1.29, 1.82) is 0 Å². The molecule has 0 aromatic rings. The summed E-state index contributed by atoms with van der Waals surface area (Å²) in [5.74, 6) is -0.176. The molecular weight excluding hydrogens is 191 g/mol. The van der Waals surface area contributed by atoms with Crippen LogP contribution in [0.3, 0.4) is 0 Å². The van der Waals surface area contributed by atoms with E-state index in [0.29, 0.717) is 0 Å². The molecule has 1 atom stereocenters. The third-order valence-corrected chi connectivity index (χ3v) is 4.23. The van der Waals surface area contributed by atoms with Crippen molar-refractivity contribution >= 4 is 13.4 Å². The van der Waals surface area contributed by atoms with Crippen LogP contribution in [0.5, 0.6) is 0 Å². The van der Waals surface area contributed by atoms with Crippen LogP contribution in [0.15, 0.2) is 0 Å². The van der Waals surface area contributed by atoms with E-state index in [1.807, 2.05) is 0 Å². The Morgan fingerprint density at radius 3 is 1.92 bits per heavy atom. The average molecular weight is 208 g/mol. The van der Waals surface area contributed by atoms with Gasteiger partial charge in [0, 0.05) is 0 Å². The van der Waals surface area contributed by atoms with E-state index in [1.165, 1.54) is 6.92 Å². The van der Waals surface area contributed by atoms with E-state index in [0.717, 1.165) is 0 Å². The summed E-state index contributed by atoms with van der Waals surface area (Å²) >= 11 is 0. The van der Waals surface area contributed by atoms with E-state index >= 15 is 0 Å². The number of rotatable bonds is 6. The summed E-state index contributed by atoms with van der Waals surface area (Å²) in [6, 6.07) is 0. The van der Waals surface area contributed by atoms with Crippen molar-refractivity contribution in [3.05, 3.63) is 0 Å². The molecule has 0 rings (SSSR count). The van der Waals surface area contributed by atoms with Gasteiger partial charge in [-0.3, -0.25) is 9.36 Å². The van der Waals surface area contributed by atoms with Crippen LogP contribution >= 0.6 is 7.60 Å². The highest BCUT2D eigenvalue weighted by Gasteiger charge is 2.34. The largest absolute Gasteiger partial charge is 0.340 e. The fourth-order valence-electron chi connectivity index (χ4n) is 0.843. The minimum Gasteiger partial charge on any atom is -0.308 e. The topological polar surface area (TPSA) is 52.6 Å². The van der Waals surface area contributed by atoms with Crippen molar-refractivity contribution < 1.29 is 18.4 Å². The summed E-state index contributed by atoms with van der Waals surface area (Å²) < 4.78 is 21.9. The highest BCUT2D eigenvalue weighted by Crippen LogP contribution is 2.52. The van der Waals surface area contributed by atoms with Crippen molar-refractivity contribution in [1.82, 2.24) is 0 Å². The van der Waals surface area contributed by atoms with Gasteiger partial charge in [-0.25, -0.2) is 0 Å². The summed E-state index contributed by atoms with van der Waals surface area (Å²) in [7, 11) is -3.22. The SMILES string of the molecule is CCOP(=O)(OCC)[C@@H](C)C(C)=O. The normalized spacial score (nSPS) is 14.2. The first kappa shape index (κ1) is 12.8. The number of ketones is 1. The zero-order chi connectivity index (χ0) is 10.5. The summed E-state index contributed by atoms with van der Waals surface area (Å²) in [5.41, 5.74) is -0.674. The second kappa shape index (κ2) is 5.53. The van der Waals surface area contributed by atoms with Gasteiger partial charge in [-0.2, -0.15) is 0 Å². The van der Waals surface area contributed by atoms with Crippen molar-refractivity contribution in [3.8, 4) is 0 Å². The molecule has 0 aliphatic carbocycles. The number of hydrogen-bond acceptors (Lipinski definition) is 4. The Labute approximate surface area is 79.1 Å². The molecule has 0 N–H and O–H groups in total. The van der Waals surface area contributed by atoms with E-state index in [2.05, 4.69) is 0 Å². The maximum absolute atomic E-state index is 11.9. The molecule has 5 heteroatoms. The molecule has 0 unspecified atom stereocenters. The van der Waals surface area contributed by atoms with E-state index < -0.39 is 13.3 Å². The Balaban J connectivity index is 4.57. The predicted octanol–water partition coefficient (Wildman–Crippen LogP) is 2.23. The third kappa shape index (κ3) is 3.59. The predicted molar refractivity (Wildman–Crippen MR) is 51.0 cm³/mol. The molecule has 0 saturated heterocycles. The van der Waals surface area contributed by atoms with Crippen molar-refractivity contribution in [2.24, 2.45) is 0 Å². The second-order valence-corrected chi connectivity index (χ2v) is 5.03. The van der Waals surface area contributed by atoms with Gasteiger partial charge in [0.1, 0.15) is 11.4 Å². The molecular formula is C8H17O4P. The number of hydrogen-bond donors (Lipinski definition) is 0. The summed E-state index contributed by atoms with van der Waals surface area (Å²) in [6.07, 6.45) is 0. The zero-order valence-corrected chi connectivity index (χ0v) is 9.47. The van der Waals surface area contributed by atoms with Gasteiger partial charge in [0.05, 0.1) is 13.2 Å². The van der Waals surface area contributed by atoms with E-state index in [-0.39, 0.29) is 19.0 Å². The average Bonchev–Trinajstić information content (AvgIpc) is 2.03. The van der Waals surface area contributed by atoms with Crippen LogP contribution in [0.1, 0.15) is 27.7 Å². The van der Waals surface area contributed by atoms with Gasteiger partial charge in [0.15, 0.2) is 0 Å². The van der Waals surface area contributed by atoms with Gasteiger partial charge in [-0.05, 0) is 27.7 Å². The summed E-state index contributed by atoms with van der Waals surface area (Å²) in [5, 5.41) is 0. The highest BCUT2D eigenvalue weighted by molar-refractivity contribution is 7.55. The molecule has 0 amide bonds. The van der Waals surface area contributed by atoms with Crippen LogP contribution in [0.4, 0.5) is 0 Å². The Morgan fingerprint density at radius 1 is 1.31 bits per heavy atom. The first-order valence-corrected chi connectivity index (χ1v) is 5.98. The van der Waals surface area contributed by atoms with Gasteiger partial charge in [-0.15, -0.1) is 0 Å². The first-order chi connectivity index (χ1) is 5.98. The van der Waals surface area contributed by atoms with Crippen molar-refractivity contribution in [2.45, 2.75) is 33.4 Å². The van der Waals surface area contributed by atoms with Crippen LogP contribution in [-0.2, 0) is 18.4 Å². The highest BCUT2D eigenvalue weighted by atomic mass is 31.2. The minimum atomic E-state index is -3.22. The van der Waals surface area contributed by atoms with Gasteiger partial charge in [0.2, 0.25) is 0 Å². The van der Waals surface area contributed by atoms with Gasteiger partial charge >= 0.3 is 7.60 Å². The smallest absolute Gasteiger partial charge is 0.308 e. The molecule has 0 fully saturated rings. The van der Waals surface area contributed by atoms with Crippen LogP contribution in [0, 0.1) is 0 Å². The van der Waals surface area contributed by atoms with Crippen LogP contribution < -0.4 is 0 Å². The monoisotopic (exact) mass is 208 g/mol. The maximum Gasteiger partial charge on any atom is 0.340 e. The number of carbonyl (C=O) groups excluding carboxylic acids is 1. The fourth-order valence-corrected chi connectivity index (χ4v) is 2.53. The lowest BCUT2D eigenvalue weighted by Gasteiger charge is -2.21. The minimum absolute atomic E-state index is 0.176. The van der Waals surface area contributed by atoms with Crippen LogP contribution in [0.25, 0.3) is 0 Å². The second-order valence-electron chi connectivity index (χ2n) is 2.66. The van der Waals surface area contributed by atoms with Gasteiger partial charge < -0.3 is 9.05 Å². The Hall–Kier alpha value is -0.180. The van der Waals surface area contributed by atoms with Crippen LogP contribution in [-0.4, -0.2) is 24.7 Å². The molecule has 4 nitrogen and oxygen atoms in total. The molecule has 0 spiro atoms. The molecule has 0 aromatic heterocycles.